The van der Waals surface area contributed by atoms with Crippen LogP contribution in [0, 0.1) is 0 Å². The van der Waals surface area contributed by atoms with Crippen molar-refractivity contribution in [2.75, 3.05) is 13.7 Å². The lowest BCUT2D eigenvalue weighted by Gasteiger charge is -2.14. The summed E-state index contributed by atoms with van der Waals surface area (Å²) in [6.07, 6.45) is -4.27. The molecule has 0 fully saturated rings. The Labute approximate surface area is 157 Å². The summed E-state index contributed by atoms with van der Waals surface area (Å²) >= 11 is 0. The molecular weight excluding hydrogens is 383 g/mol. The van der Waals surface area contributed by atoms with Gasteiger partial charge in [0.1, 0.15) is 6.61 Å². The minimum atomic E-state index is -4.42. The lowest BCUT2D eigenvalue weighted by molar-refractivity contribution is -0.137. The molecule has 2 rings (SSSR count). The van der Waals surface area contributed by atoms with E-state index < -0.39 is 30.3 Å². The number of carbonyl (C=O) groups is 2. The number of hydrogen-bond donors (Lipinski definition) is 2. The summed E-state index contributed by atoms with van der Waals surface area (Å²) in [6.45, 7) is -0.480. The predicted octanol–water partition coefficient (Wildman–Crippen LogP) is 2.26. The van der Waals surface area contributed by atoms with Crippen LogP contribution < -0.4 is 25.3 Å². The van der Waals surface area contributed by atoms with E-state index in [-0.39, 0.29) is 24.0 Å². The first-order valence-electron chi connectivity index (χ1n) is 7.78. The van der Waals surface area contributed by atoms with Gasteiger partial charge in [-0.25, -0.2) is 9.78 Å². The molecule has 8 nitrogen and oxygen atoms in total. The SMILES string of the molecule is COc1c(OCc2ccc(C(F)(F)F)cc2)ccnc1OC(=O)NC(=O)CN. The highest BCUT2D eigenvalue weighted by Gasteiger charge is 2.30. The van der Waals surface area contributed by atoms with E-state index in [1.807, 2.05) is 5.32 Å². The van der Waals surface area contributed by atoms with Crippen molar-refractivity contribution >= 4 is 12.0 Å². The fraction of sp³-hybridized carbons (Fsp3) is 0.235. The van der Waals surface area contributed by atoms with Crippen molar-refractivity contribution < 1.29 is 37.0 Å². The topological polar surface area (TPSA) is 113 Å². The van der Waals surface area contributed by atoms with Crippen molar-refractivity contribution in [1.82, 2.24) is 10.3 Å². The highest BCUT2D eigenvalue weighted by atomic mass is 19.4. The Kier molecular flexibility index (Phi) is 6.77. The first-order valence-corrected chi connectivity index (χ1v) is 7.78. The van der Waals surface area contributed by atoms with Gasteiger partial charge in [0.2, 0.25) is 11.7 Å². The minimum Gasteiger partial charge on any atom is -0.489 e. The zero-order chi connectivity index (χ0) is 20.7. The van der Waals surface area contributed by atoms with Gasteiger partial charge in [0.25, 0.3) is 5.88 Å². The molecule has 2 amide bonds. The average Bonchev–Trinajstić information content (AvgIpc) is 2.65. The predicted molar refractivity (Wildman–Crippen MR) is 89.8 cm³/mol. The molecule has 11 heteroatoms. The first kappa shape index (κ1) is 21.0. The molecule has 0 atom stereocenters. The van der Waals surface area contributed by atoms with Crippen LogP contribution in [0.25, 0.3) is 0 Å². The van der Waals surface area contributed by atoms with Crippen molar-refractivity contribution in [1.29, 1.82) is 0 Å². The molecule has 2 aromatic rings. The summed E-state index contributed by atoms with van der Waals surface area (Å²) in [7, 11) is 1.28. The number of halogens is 3. The van der Waals surface area contributed by atoms with Crippen LogP contribution in [-0.4, -0.2) is 30.6 Å². The van der Waals surface area contributed by atoms with E-state index in [2.05, 4.69) is 4.98 Å². The molecule has 3 N–H and O–H groups in total. The van der Waals surface area contributed by atoms with Gasteiger partial charge < -0.3 is 19.9 Å². The Balaban J connectivity index is 2.09. The first-order chi connectivity index (χ1) is 13.2. The zero-order valence-electron chi connectivity index (χ0n) is 14.6. The summed E-state index contributed by atoms with van der Waals surface area (Å²) in [5, 5.41) is 1.87. The van der Waals surface area contributed by atoms with Gasteiger partial charge in [0.05, 0.1) is 19.2 Å². The highest BCUT2D eigenvalue weighted by molar-refractivity contribution is 5.93. The Morgan fingerprint density at radius 2 is 1.86 bits per heavy atom. The van der Waals surface area contributed by atoms with Gasteiger partial charge in [-0.05, 0) is 17.7 Å². The van der Waals surface area contributed by atoms with Crippen LogP contribution in [0.4, 0.5) is 18.0 Å². The Morgan fingerprint density at radius 3 is 2.43 bits per heavy atom. The molecule has 0 unspecified atom stereocenters. The van der Waals surface area contributed by atoms with Crippen molar-refractivity contribution in [3.63, 3.8) is 0 Å². The fourth-order valence-corrected chi connectivity index (χ4v) is 2.02. The van der Waals surface area contributed by atoms with Gasteiger partial charge in [-0.3, -0.25) is 10.1 Å². The van der Waals surface area contributed by atoms with Gasteiger partial charge >= 0.3 is 12.3 Å². The molecule has 28 heavy (non-hydrogen) atoms. The summed E-state index contributed by atoms with van der Waals surface area (Å²) in [5.74, 6) is -0.927. The van der Waals surface area contributed by atoms with Crippen molar-refractivity contribution in [2.24, 2.45) is 5.73 Å². The summed E-state index contributed by atoms with van der Waals surface area (Å²) in [5.41, 5.74) is 4.78. The number of nitrogens with one attached hydrogen (secondary N) is 1. The number of ether oxygens (including phenoxy) is 3. The van der Waals surface area contributed by atoms with E-state index in [1.54, 1.807) is 0 Å². The third kappa shape index (κ3) is 5.58. The summed E-state index contributed by atoms with van der Waals surface area (Å²) in [4.78, 5) is 26.5. The number of pyridine rings is 1. The van der Waals surface area contributed by atoms with E-state index in [0.717, 1.165) is 12.1 Å². The zero-order valence-corrected chi connectivity index (χ0v) is 14.6. The molecule has 1 aromatic heterocycles. The van der Waals surface area contributed by atoms with E-state index in [0.29, 0.717) is 5.56 Å². The quantitative estimate of drug-likeness (QED) is 0.766. The van der Waals surface area contributed by atoms with Gasteiger partial charge in [-0.15, -0.1) is 0 Å². The Morgan fingerprint density at radius 1 is 1.18 bits per heavy atom. The molecule has 0 radical (unpaired) electrons. The number of alkyl halides is 3. The second-order valence-electron chi connectivity index (χ2n) is 5.27. The number of nitrogens with zero attached hydrogens (tertiary/aromatic N) is 1. The lowest BCUT2D eigenvalue weighted by atomic mass is 10.1. The molecule has 0 saturated heterocycles. The number of aromatic nitrogens is 1. The number of carbonyl (C=O) groups excluding carboxylic acids is 2. The molecule has 0 saturated carbocycles. The van der Waals surface area contributed by atoms with Gasteiger partial charge in [-0.2, -0.15) is 13.2 Å². The van der Waals surface area contributed by atoms with E-state index in [9.17, 15) is 22.8 Å². The largest absolute Gasteiger partial charge is 0.489 e. The van der Waals surface area contributed by atoms with E-state index in [4.69, 9.17) is 19.9 Å². The van der Waals surface area contributed by atoms with Gasteiger partial charge in [-0.1, -0.05) is 12.1 Å². The van der Waals surface area contributed by atoms with Crippen LogP contribution in [0.5, 0.6) is 17.4 Å². The molecule has 0 bridgehead atoms. The van der Waals surface area contributed by atoms with Crippen LogP contribution >= 0.6 is 0 Å². The molecule has 0 aliphatic heterocycles. The third-order valence-corrected chi connectivity index (χ3v) is 3.33. The molecule has 0 spiro atoms. The molecule has 0 aliphatic rings. The maximum absolute atomic E-state index is 12.6. The number of benzene rings is 1. The van der Waals surface area contributed by atoms with Gasteiger partial charge in [0, 0.05) is 12.3 Å². The second kappa shape index (κ2) is 9.04. The van der Waals surface area contributed by atoms with E-state index in [1.165, 1.54) is 31.5 Å². The molecule has 150 valence electrons. The molecule has 1 aromatic carbocycles. The standard InChI is InChI=1S/C17H16F3N3O5/c1-26-14-12(6-7-22-15(14)28-16(25)23-13(24)8-21)27-9-10-2-4-11(5-3-10)17(18,19)20/h2-7H,8-9,21H2,1H3,(H,23,24,25). The van der Waals surface area contributed by atoms with Crippen LogP contribution in [0.15, 0.2) is 36.5 Å². The third-order valence-electron chi connectivity index (χ3n) is 3.33. The molecule has 0 aliphatic carbocycles. The monoisotopic (exact) mass is 399 g/mol. The maximum atomic E-state index is 12.6. The van der Waals surface area contributed by atoms with Crippen LogP contribution in [0.3, 0.4) is 0 Å². The average molecular weight is 399 g/mol. The number of imide groups is 1. The van der Waals surface area contributed by atoms with Gasteiger partial charge in [0.15, 0.2) is 5.75 Å². The highest BCUT2D eigenvalue weighted by Crippen LogP contribution is 2.35. The Bertz CT molecular complexity index is 841. The number of rotatable bonds is 6. The number of hydrogen-bond acceptors (Lipinski definition) is 7. The van der Waals surface area contributed by atoms with Crippen LogP contribution in [0.2, 0.25) is 0 Å². The van der Waals surface area contributed by atoms with Crippen LogP contribution in [0.1, 0.15) is 11.1 Å². The Hall–Kier alpha value is -3.34. The van der Waals surface area contributed by atoms with Crippen LogP contribution in [-0.2, 0) is 17.6 Å². The number of nitrogens with two attached hydrogens (primary N) is 1. The van der Waals surface area contributed by atoms with Crippen molar-refractivity contribution in [3.8, 4) is 17.4 Å². The number of amides is 2. The smallest absolute Gasteiger partial charge is 0.420 e. The summed E-state index contributed by atoms with van der Waals surface area (Å²) in [6, 6.07) is 5.85. The molecular formula is C17H16F3N3O5. The minimum absolute atomic E-state index is 0.0373. The lowest BCUT2D eigenvalue weighted by Crippen LogP contribution is -2.37. The van der Waals surface area contributed by atoms with Crippen molar-refractivity contribution in [3.05, 3.63) is 47.7 Å². The summed E-state index contributed by atoms with van der Waals surface area (Å²) < 4.78 is 53.3. The molecule has 1 heterocycles. The van der Waals surface area contributed by atoms with E-state index >= 15 is 0 Å². The fourth-order valence-electron chi connectivity index (χ4n) is 2.02. The normalized spacial score (nSPS) is 10.9. The van der Waals surface area contributed by atoms with Crippen molar-refractivity contribution in [2.45, 2.75) is 12.8 Å². The second-order valence-corrected chi connectivity index (χ2v) is 5.27. The number of methoxy groups -OCH3 is 1. The maximum Gasteiger partial charge on any atom is 0.420 e.